The molecule has 0 aliphatic carbocycles. The van der Waals surface area contributed by atoms with Crippen molar-refractivity contribution in [2.75, 3.05) is 0 Å². The van der Waals surface area contributed by atoms with E-state index in [0.717, 1.165) is 0 Å². The Kier molecular flexibility index (Phi) is 2.92. The molecule has 68 valence electrons. The zero-order valence-corrected chi connectivity index (χ0v) is 7.12. The average Bonchev–Trinajstić information content (AvgIpc) is 2.49. The molecule has 0 radical (unpaired) electrons. The fourth-order valence-corrected chi connectivity index (χ4v) is 0.995. The van der Waals surface area contributed by atoms with E-state index in [1.807, 2.05) is 18.3 Å². The molecule has 6 N–H and O–H groups in total. The maximum atomic E-state index is 6.06. The third-order valence-electron chi connectivity index (χ3n) is 1.46. The van der Waals surface area contributed by atoms with Crippen LogP contribution in [0.25, 0.3) is 10.9 Å². The van der Waals surface area contributed by atoms with Crippen molar-refractivity contribution in [2.45, 2.75) is 0 Å². The Hall–Kier alpha value is -1.97. The number of H-pyrrole nitrogens is 1. The van der Waals surface area contributed by atoms with Crippen LogP contribution < -0.4 is 11.5 Å². The van der Waals surface area contributed by atoms with Gasteiger partial charge in [-0.25, -0.2) is 0 Å². The molecule has 1 heterocycles. The molecule has 1 aromatic carbocycles. The maximum absolute atomic E-state index is 6.06. The van der Waals surface area contributed by atoms with E-state index >= 15 is 0 Å². The monoisotopic (exact) mass is 176 g/mol. The highest BCUT2D eigenvalue weighted by molar-refractivity contribution is 5.78. The van der Waals surface area contributed by atoms with E-state index in [1.165, 1.54) is 10.9 Å². The van der Waals surface area contributed by atoms with Gasteiger partial charge in [0, 0.05) is 11.7 Å². The number of rotatable bonds is 0. The van der Waals surface area contributed by atoms with Crippen LogP contribution in [0.15, 0.2) is 36.5 Å². The average molecular weight is 176 g/mol. The predicted molar refractivity (Wildman–Crippen MR) is 54.4 cm³/mol. The van der Waals surface area contributed by atoms with Gasteiger partial charge in [0.1, 0.15) is 0 Å². The van der Waals surface area contributed by atoms with Gasteiger partial charge in [0.25, 0.3) is 0 Å². The molecule has 0 aliphatic heterocycles. The summed E-state index contributed by atoms with van der Waals surface area (Å²) in [6, 6.07) is 10.3. The van der Waals surface area contributed by atoms with E-state index in [4.69, 9.17) is 5.41 Å². The number of guanidine groups is 1. The van der Waals surface area contributed by atoms with Crippen molar-refractivity contribution in [3.8, 4) is 0 Å². The molecular formula is C9H12N4. The summed E-state index contributed by atoms with van der Waals surface area (Å²) >= 11 is 0. The van der Waals surface area contributed by atoms with E-state index < -0.39 is 0 Å². The first kappa shape index (κ1) is 9.12. The molecule has 2 aromatic rings. The second-order valence-electron chi connectivity index (χ2n) is 2.52. The molecule has 0 unspecified atom stereocenters. The third-order valence-corrected chi connectivity index (χ3v) is 1.46. The largest absolute Gasteiger partial charge is 0.370 e. The number of hydrogen-bond acceptors (Lipinski definition) is 1. The van der Waals surface area contributed by atoms with E-state index in [-0.39, 0.29) is 5.96 Å². The van der Waals surface area contributed by atoms with Gasteiger partial charge in [-0.15, -0.1) is 0 Å². The fraction of sp³-hybridized carbons (Fsp3) is 0. The molecule has 0 saturated carbocycles. The summed E-state index contributed by atoms with van der Waals surface area (Å²) in [5.74, 6) is -0.333. The van der Waals surface area contributed by atoms with E-state index in [9.17, 15) is 0 Å². The minimum absolute atomic E-state index is 0.333. The summed E-state index contributed by atoms with van der Waals surface area (Å²) < 4.78 is 0. The lowest BCUT2D eigenvalue weighted by Crippen LogP contribution is -2.20. The molecule has 0 fully saturated rings. The molecule has 0 spiro atoms. The van der Waals surface area contributed by atoms with Gasteiger partial charge in [0.05, 0.1) is 0 Å². The number of fused-ring (bicyclic) bond motifs is 1. The van der Waals surface area contributed by atoms with Crippen LogP contribution in [0.5, 0.6) is 0 Å². The van der Waals surface area contributed by atoms with E-state index in [0.29, 0.717) is 0 Å². The first-order valence-electron chi connectivity index (χ1n) is 3.82. The second kappa shape index (κ2) is 4.15. The van der Waals surface area contributed by atoms with Crippen LogP contribution in [0.4, 0.5) is 0 Å². The Labute approximate surface area is 76.1 Å². The molecule has 13 heavy (non-hydrogen) atoms. The van der Waals surface area contributed by atoms with Crippen LogP contribution in [0, 0.1) is 5.41 Å². The maximum Gasteiger partial charge on any atom is 0.183 e. The quantitative estimate of drug-likeness (QED) is 0.356. The minimum Gasteiger partial charge on any atom is -0.370 e. The van der Waals surface area contributed by atoms with Gasteiger partial charge in [-0.05, 0) is 17.5 Å². The summed E-state index contributed by atoms with van der Waals surface area (Å²) in [5, 5.41) is 7.33. The number of nitrogens with one attached hydrogen (secondary N) is 2. The van der Waals surface area contributed by atoms with Crippen molar-refractivity contribution in [1.82, 2.24) is 4.98 Å². The smallest absolute Gasteiger partial charge is 0.183 e. The first-order valence-corrected chi connectivity index (χ1v) is 3.82. The molecule has 4 nitrogen and oxygen atoms in total. The summed E-state index contributed by atoms with van der Waals surface area (Å²) in [5.41, 5.74) is 10.2. The molecule has 0 atom stereocenters. The van der Waals surface area contributed by atoms with Crippen LogP contribution in [0.2, 0.25) is 0 Å². The van der Waals surface area contributed by atoms with Crippen LogP contribution >= 0.6 is 0 Å². The fourth-order valence-electron chi connectivity index (χ4n) is 0.995. The molecule has 4 heteroatoms. The normalized spacial score (nSPS) is 8.92. The Balaban J connectivity index is 0.000000184. The topological polar surface area (TPSA) is 91.7 Å². The van der Waals surface area contributed by atoms with Crippen LogP contribution in [-0.4, -0.2) is 10.9 Å². The van der Waals surface area contributed by atoms with Gasteiger partial charge in [-0.1, -0.05) is 18.2 Å². The number of para-hydroxylation sites is 1. The lowest BCUT2D eigenvalue weighted by Gasteiger charge is -1.83. The summed E-state index contributed by atoms with van der Waals surface area (Å²) in [6.07, 6.45) is 1.95. The van der Waals surface area contributed by atoms with Crippen molar-refractivity contribution in [3.05, 3.63) is 36.5 Å². The summed E-state index contributed by atoms with van der Waals surface area (Å²) in [4.78, 5) is 3.12. The molecule has 0 saturated heterocycles. The van der Waals surface area contributed by atoms with Crippen molar-refractivity contribution in [2.24, 2.45) is 11.5 Å². The Morgan fingerprint density at radius 2 is 1.77 bits per heavy atom. The second-order valence-corrected chi connectivity index (χ2v) is 2.52. The Bertz CT molecular complexity index is 357. The van der Waals surface area contributed by atoms with Crippen LogP contribution in [0.3, 0.4) is 0 Å². The van der Waals surface area contributed by atoms with Crippen molar-refractivity contribution >= 4 is 16.9 Å². The molecule has 0 bridgehead atoms. The van der Waals surface area contributed by atoms with Crippen molar-refractivity contribution in [1.29, 1.82) is 5.41 Å². The number of aromatic nitrogens is 1. The Morgan fingerprint density at radius 1 is 1.15 bits per heavy atom. The molecule has 0 aliphatic rings. The van der Waals surface area contributed by atoms with Gasteiger partial charge in [0.15, 0.2) is 5.96 Å². The number of aromatic amines is 1. The molecule has 2 rings (SSSR count). The zero-order valence-electron chi connectivity index (χ0n) is 7.12. The molecular weight excluding hydrogens is 164 g/mol. The highest BCUT2D eigenvalue weighted by Gasteiger charge is 1.86. The first-order chi connectivity index (χ1) is 6.20. The molecule has 1 aromatic heterocycles. The predicted octanol–water partition coefficient (Wildman–Crippen LogP) is 1.01. The highest BCUT2D eigenvalue weighted by atomic mass is 14.9. The minimum atomic E-state index is -0.333. The zero-order chi connectivity index (χ0) is 9.68. The van der Waals surface area contributed by atoms with E-state index in [1.54, 1.807) is 0 Å². The standard InChI is InChI=1S/C8H7N.CH5N3/c1-2-4-8-7(3-1)5-6-9-8;2-1(3)4/h1-6,9H;(H5,2,3,4). The lowest BCUT2D eigenvalue weighted by atomic mass is 10.3. The Morgan fingerprint density at radius 3 is 2.38 bits per heavy atom. The van der Waals surface area contributed by atoms with Crippen molar-refractivity contribution < 1.29 is 0 Å². The van der Waals surface area contributed by atoms with Crippen LogP contribution in [-0.2, 0) is 0 Å². The van der Waals surface area contributed by atoms with Gasteiger partial charge >= 0.3 is 0 Å². The van der Waals surface area contributed by atoms with Gasteiger partial charge in [-0.3, -0.25) is 5.41 Å². The van der Waals surface area contributed by atoms with Crippen molar-refractivity contribution in [3.63, 3.8) is 0 Å². The highest BCUT2D eigenvalue weighted by Crippen LogP contribution is 2.09. The lowest BCUT2D eigenvalue weighted by molar-refractivity contribution is 1.39. The van der Waals surface area contributed by atoms with Gasteiger partial charge in [0.2, 0.25) is 0 Å². The summed E-state index contributed by atoms with van der Waals surface area (Å²) in [7, 11) is 0. The van der Waals surface area contributed by atoms with Gasteiger partial charge < -0.3 is 16.5 Å². The molecule has 0 amide bonds. The third kappa shape index (κ3) is 2.86. The number of benzene rings is 1. The summed E-state index contributed by atoms with van der Waals surface area (Å²) in [6.45, 7) is 0. The van der Waals surface area contributed by atoms with Gasteiger partial charge in [-0.2, -0.15) is 0 Å². The van der Waals surface area contributed by atoms with E-state index in [2.05, 4.69) is 34.7 Å². The SMILES string of the molecule is N=C(N)N.c1ccc2[nH]ccc2c1. The number of nitrogens with two attached hydrogens (primary N) is 2. The number of hydrogen-bond donors (Lipinski definition) is 4. The van der Waals surface area contributed by atoms with Crippen LogP contribution in [0.1, 0.15) is 0 Å².